The average Bonchev–Trinajstić information content (AvgIpc) is 3.22. The van der Waals surface area contributed by atoms with Gasteiger partial charge in [-0.3, -0.25) is 9.78 Å². The molecular formula is C24H33N5O5Si. The molecule has 10 nitrogen and oxygen atoms in total. The lowest BCUT2D eigenvalue weighted by Gasteiger charge is -2.50. The zero-order chi connectivity index (χ0) is 25.0. The third kappa shape index (κ3) is 4.42. The minimum Gasteiger partial charge on any atom is -0.409 e. The molecule has 4 heterocycles. The summed E-state index contributed by atoms with van der Waals surface area (Å²) in [5, 5.41) is -0.0216. The van der Waals surface area contributed by atoms with Gasteiger partial charge in [0.05, 0.1) is 31.7 Å². The molecule has 0 amide bonds. The van der Waals surface area contributed by atoms with Crippen molar-refractivity contribution in [3.63, 3.8) is 0 Å². The van der Waals surface area contributed by atoms with Crippen LogP contribution in [0, 0.1) is 0 Å². The summed E-state index contributed by atoms with van der Waals surface area (Å²) in [7, 11) is -2.24. The number of benzene rings is 1. The van der Waals surface area contributed by atoms with Gasteiger partial charge in [0.25, 0.3) is 5.56 Å². The molecule has 5 atom stereocenters. The average molecular weight is 500 g/mol. The fraction of sp³-hybridized carbons (Fsp3) is 0.542. The summed E-state index contributed by atoms with van der Waals surface area (Å²) in [6.07, 6.45) is 0.0400. The van der Waals surface area contributed by atoms with E-state index < -0.39 is 20.7 Å². The highest BCUT2D eigenvalue weighted by Gasteiger charge is 2.51. The number of aromatic nitrogens is 4. The number of nitrogens with two attached hydrogens (primary N) is 1. The molecule has 0 radical (unpaired) electrons. The van der Waals surface area contributed by atoms with Gasteiger partial charge in [-0.1, -0.05) is 51.1 Å². The number of anilines is 1. The summed E-state index contributed by atoms with van der Waals surface area (Å²) in [4.78, 5) is 23.6. The summed E-state index contributed by atoms with van der Waals surface area (Å²) in [5.74, 6) is 0.0344. The molecule has 5 rings (SSSR count). The molecule has 2 aliphatic rings. The highest BCUT2D eigenvalue weighted by atomic mass is 28.4. The third-order valence-corrected chi connectivity index (χ3v) is 11.8. The smallest absolute Gasteiger partial charge is 0.280 e. The topological polar surface area (TPSA) is 127 Å². The molecule has 2 saturated heterocycles. The Morgan fingerprint density at radius 3 is 2.63 bits per heavy atom. The van der Waals surface area contributed by atoms with Gasteiger partial charge < -0.3 is 28.9 Å². The van der Waals surface area contributed by atoms with Crippen molar-refractivity contribution < 1.29 is 18.6 Å². The Hall–Kier alpha value is -2.57. The van der Waals surface area contributed by atoms with Crippen molar-refractivity contribution in [1.82, 2.24) is 19.5 Å². The van der Waals surface area contributed by atoms with Crippen molar-refractivity contribution in [2.45, 2.75) is 69.5 Å². The number of ether oxygens (including phenoxy) is 3. The molecule has 0 aliphatic carbocycles. The number of hydrogen-bond acceptors (Lipinski definition) is 8. The van der Waals surface area contributed by atoms with E-state index in [9.17, 15) is 4.79 Å². The van der Waals surface area contributed by atoms with Crippen LogP contribution in [0.1, 0.15) is 38.7 Å². The Balaban J connectivity index is 1.56. The standard InChI is InChI=1S/C24H33N5O5Si/c1-24(2,3)35(4,5)34-18-15(29-13-26-17-20(29)27-23(25)28-21(17)30)11-31-16-12-32-22(33-19(16)18)14-9-7-6-8-10-14/h6-10,13,15-16,18-19,22H,11-12H2,1-5H3,(H3,25,27,28,30)/t15-,16-,18-,19-,22-/m1/s1. The van der Waals surface area contributed by atoms with Crippen molar-refractivity contribution in [2.75, 3.05) is 18.9 Å². The van der Waals surface area contributed by atoms with E-state index in [2.05, 4.69) is 48.8 Å². The SMILES string of the molecule is CC(C)(C)[Si](C)(C)O[C@H]1[C@@H]2O[C@H](c3ccccc3)OC[C@H]2OC[C@H]1n1cnc2c(=O)[nH]c(N)nc21. The monoisotopic (exact) mass is 499 g/mol. The second-order valence-electron chi connectivity index (χ2n) is 10.7. The molecule has 2 aromatic heterocycles. The van der Waals surface area contributed by atoms with Crippen LogP contribution in [0.2, 0.25) is 18.1 Å². The number of rotatable bonds is 4. The largest absolute Gasteiger partial charge is 0.409 e. The number of hydrogen-bond donors (Lipinski definition) is 2. The van der Waals surface area contributed by atoms with Gasteiger partial charge in [0.1, 0.15) is 12.2 Å². The quantitative estimate of drug-likeness (QED) is 0.524. The van der Waals surface area contributed by atoms with E-state index in [0.29, 0.717) is 18.9 Å². The van der Waals surface area contributed by atoms with Gasteiger partial charge in [-0.05, 0) is 18.1 Å². The molecule has 188 valence electrons. The second-order valence-corrected chi connectivity index (χ2v) is 15.5. The van der Waals surface area contributed by atoms with Crippen molar-refractivity contribution in [2.24, 2.45) is 0 Å². The van der Waals surface area contributed by atoms with Crippen LogP contribution >= 0.6 is 0 Å². The van der Waals surface area contributed by atoms with Crippen LogP contribution in [0.15, 0.2) is 41.5 Å². The first-order valence-electron chi connectivity index (χ1n) is 11.9. The van der Waals surface area contributed by atoms with Crippen LogP contribution < -0.4 is 11.3 Å². The first-order valence-corrected chi connectivity index (χ1v) is 14.8. The Morgan fingerprint density at radius 2 is 1.91 bits per heavy atom. The van der Waals surface area contributed by atoms with Gasteiger partial charge in [-0.15, -0.1) is 0 Å². The minimum atomic E-state index is -2.24. The van der Waals surface area contributed by atoms with Gasteiger partial charge in [0.2, 0.25) is 5.95 Å². The van der Waals surface area contributed by atoms with E-state index in [-0.39, 0.29) is 40.3 Å². The van der Waals surface area contributed by atoms with Crippen LogP contribution in [0.25, 0.3) is 11.2 Å². The van der Waals surface area contributed by atoms with Gasteiger partial charge in [0, 0.05) is 5.56 Å². The van der Waals surface area contributed by atoms with Gasteiger partial charge >= 0.3 is 0 Å². The summed E-state index contributed by atoms with van der Waals surface area (Å²) in [5.41, 5.74) is 7.04. The predicted molar refractivity (Wildman–Crippen MR) is 133 cm³/mol. The number of nitrogens with zero attached hydrogens (tertiary/aromatic N) is 3. The molecule has 2 aliphatic heterocycles. The zero-order valence-electron chi connectivity index (χ0n) is 20.7. The number of nitrogen functional groups attached to an aromatic ring is 1. The van der Waals surface area contributed by atoms with Crippen LogP contribution in [0.4, 0.5) is 5.95 Å². The molecule has 2 fully saturated rings. The van der Waals surface area contributed by atoms with Gasteiger partial charge in [-0.2, -0.15) is 4.98 Å². The molecule has 1 aromatic carbocycles. The highest BCUT2D eigenvalue weighted by molar-refractivity contribution is 6.74. The second kappa shape index (κ2) is 8.82. The molecule has 0 bridgehead atoms. The lowest BCUT2D eigenvalue weighted by molar-refractivity contribution is -0.304. The Bertz CT molecular complexity index is 1250. The van der Waals surface area contributed by atoms with Crippen molar-refractivity contribution in [3.8, 4) is 0 Å². The minimum absolute atomic E-state index is 0.0216. The summed E-state index contributed by atoms with van der Waals surface area (Å²) < 4.78 is 27.7. The van der Waals surface area contributed by atoms with Crippen LogP contribution in [-0.4, -0.2) is 59.4 Å². The third-order valence-electron chi connectivity index (χ3n) is 7.36. The number of aromatic amines is 1. The maximum atomic E-state index is 12.4. The number of imidazole rings is 1. The normalized spacial score (nSPS) is 27.6. The van der Waals surface area contributed by atoms with E-state index in [4.69, 9.17) is 24.4 Å². The van der Waals surface area contributed by atoms with E-state index >= 15 is 0 Å². The molecule has 0 spiro atoms. The molecule has 3 N–H and O–H groups in total. The maximum absolute atomic E-state index is 12.4. The summed E-state index contributed by atoms with van der Waals surface area (Å²) in [6.45, 7) is 11.8. The molecule has 35 heavy (non-hydrogen) atoms. The number of fused-ring (bicyclic) bond motifs is 2. The van der Waals surface area contributed by atoms with Gasteiger partial charge in [0.15, 0.2) is 25.8 Å². The van der Waals surface area contributed by atoms with Crippen LogP contribution in [0.5, 0.6) is 0 Å². The maximum Gasteiger partial charge on any atom is 0.280 e. The molecular weight excluding hydrogens is 466 g/mol. The molecule has 11 heteroatoms. The Morgan fingerprint density at radius 1 is 1.17 bits per heavy atom. The summed E-state index contributed by atoms with van der Waals surface area (Å²) >= 11 is 0. The predicted octanol–water partition coefficient (Wildman–Crippen LogP) is 3.15. The lowest BCUT2D eigenvalue weighted by Crippen LogP contribution is -2.60. The lowest BCUT2D eigenvalue weighted by atomic mass is 9.97. The fourth-order valence-corrected chi connectivity index (χ4v) is 5.71. The first-order chi connectivity index (χ1) is 16.5. The van der Waals surface area contributed by atoms with Crippen LogP contribution in [0.3, 0.4) is 0 Å². The first kappa shape index (κ1) is 24.1. The summed E-state index contributed by atoms with van der Waals surface area (Å²) in [6, 6.07) is 9.53. The van der Waals surface area contributed by atoms with Crippen molar-refractivity contribution in [3.05, 3.63) is 52.6 Å². The van der Waals surface area contributed by atoms with Crippen molar-refractivity contribution >= 4 is 25.4 Å². The van der Waals surface area contributed by atoms with Crippen molar-refractivity contribution in [1.29, 1.82) is 0 Å². The van der Waals surface area contributed by atoms with E-state index in [1.807, 2.05) is 34.9 Å². The Labute approximate surface area is 204 Å². The van der Waals surface area contributed by atoms with Crippen LogP contribution in [-0.2, 0) is 18.6 Å². The van der Waals surface area contributed by atoms with E-state index in [1.165, 1.54) is 0 Å². The number of H-pyrrole nitrogens is 1. The van der Waals surface area contributed by atoms with E-state index in [1.54, 1.807) is 6.33 Å². The molecule has 0 unspecified atom stereocenters. The number of nitrogens with one attached hydrogen (secondary N) is 1. The fourth-order valence-electron chi connectivity index (χ4n) is 4.39. The zero-order valence-corrected chi connectivity index (χ0v) is 21.7. The Kier molecular flexibility index (Phi) is 6.08. The molecule has 3 aromatic rings. The molecule has 0 saturated carbocycles. The van der Waals surface area contributed by atoms with Gasteiger partial charge in [-0.25, -0.2) is 4.98 Å². The van der Waals surface area contributed by atoms with E-state index in [0.717, 1.165) is 5.56 Å². The highest BCUT2D eigenvalue weighted by Crippen LogP contribution is 2.43.